The Morgan fingerprint density at radius 2 is 1.62 bits per heavy atom. The van der Waals surface area contributed by atoms with Crippen molar-refractivity contribution in [2.45, 2.75) is 82.5 Å². The van der Waals surface area contributed by atoms with E-state index < -0.39 is 90.2 Å². The summed E-state index contributed by atoms with van der Waals surface area (Å²) in [6.07, 6.45) is -6.52. The molecule has 7 nitrogen and oxygen atoms in total. The second kappa shape index (κ2) is 10.1. The first-order chi connectivity index (χ1) is 18.4. The molecule has 1 aromatic carbocycles. The molecular weight excluding hydrogens is 546 g/mol. The van der Waals surface area contributed by atoms with Gasteiger partial charge in [-0.2, -0.15) is 13.2 Å². The number of alkyl halides is 5. The fraction of sp³-hybridized carbons (Fsp3) is 0.667. The zero-order chi connectivity index (χ0) is 29.8. The highest BCUT2D eigenvalue weighted by molar-refractivity contribution is 5.90. The van der Waals surface area contributed by atoms with Gasteiger partial charge in [0, 0.05) is 25.6 Å². The molecule has 4 rings (SSSR count). The number of hydrogen-bond acceptors (Lipinski definition) is 5. The first-order valence-electron chi connectivity index (χ1n) is 13.1. The minimum atomic E-state index is -4.95. The number of benzene rings is 1. The first kappa shape index (κ1) is 30.0. The number of nitrogens with zero attached hydrogens (tertiary/aromatic N) is 2. The lowest BCUT2D eigenvalue weighted by Crippen LogP contribution is -2.52. The molecule has 1 aromatic rings. The van der Waals surface area contributed by atoms with Gasteiger partial charge in [0.05, 0.1) is 17.6 Å². The van der Waals surface area contributed by atoms with E-state index in [2.05, 4.69) is 0 Å². The largest absolute Gasteiger partial charge is 0.548 e. The maximum atomic E-state index is 15.5. The van der Waals surface area contributed by atoms with Crippen LogP contribution in [0.4, 0.5) is 31.1 Å². The molecule has 2 saturated heterocycles. The number of carboxylic acids is 1. The predicted molar refractivity (Wildman–Crippen MR) is 126 cm³/mol. The quantitative estimate of drug-likeness (QED) is 0.486. The monoisotopic (exact) mass is 577 g/mol. The Morgan fingerprint density at radius 3 is 2.10 bits per heavy atom. The van der Waals surface area contributed by atoms with Crippen molar-refractivity contribution < 1.29 is 50.6 Å². The molecule has 0 N–H and O–H groups in total. The minimum absolute atomic E-state index is 0.213. The van der Waals surface area contributed by atoms with Gasteiger partial charge in [-0.1, -0.05) is 6.07 Å². The molecule has 0 aromatic heterocycles. The summed E-state index contributed by atoms with van der Waals surface area (Å²) in [5.41, 5.74) is -4.04. The van der Waals surface area contributed by atoms with Crippen LogP contribution in [0.5, 0.6) is 0 Å². The van der Waals surface area contributed by atoms with E-state index in [9.17, 15) is 32.7 Å². The van der Waals surface area contributed by atoms with Crippen LogP contribution in [0.1, 0.15) is 69.9 Å². The van der Waals surface area contributed by atoms with Crippen LogP contribution in [0, 0.1) is 17.2 Å². The van der Waals surface area contributed by atoms with Gasteiger partial charge < -0.3 is 24.4 Å². The molecule has 2 aliphatic heterocycles. The lowest BCUT2D eigenvalue weighted by molar-refractivity contribution is -0.311. The van der Waals surface area contributed by atoms with Crippen LogP contribution >= 0.6 is 0 Å². The van der Waals surface area contributed by atoms with E-state index in [1.54, 1.807) is 20.8 Å². The predicted octanol–water partition coefficient (Wildman–Crippen LogP) is 4.34. The Labute approximate surface area is 227 Å². The van der Waals surface area contributed by atoms with Gasteiger partial charge in [0.25, 0.3) is 5.92 Å². The van der Waals surface area contributed by atoms with Crippen LogP contribution in [0.15, 0.2) is 18.2 Å². The summed E-state index contributed by atoms with van der Waals surface area (Å²) in [4.78, 5) is 38.4. The Kier molecular flexibility index (Phi) is 7.59. The number of carbonyl (C=O) groups is 3. The summed E-state index contributed by atoms with van der Waals surface area (Å²) in [6.45, 7) is 4.90. The van der Waals surface area contributed by atoms with Gasteiger partial charge in [0.2, 0.25) is 5.91 Å². The lowest BCUT2D eigenvalue weighted by atomic mass is 9.86. The van der Waals surface area contributed by atoms with Crippen molar-refractivity contribution in [1.82, 2.24) is 9.80 Å². The van der Waals surface area contributed by atoms with Gasteiger partial charge in [-0.3, -0.25) is 4.79 Å². The Bertz CT molecular complexity index is 1170. The SMILES string of the molecule is CC(C)(C)OC(=O)N1CCC(c2ccc(C(F)(F)C3C[C@@H](C(=O)[O-])N(C(=O)C4(C(F)(F)F)CC4)C3)c(F)c2)CC1. The smallest absolute Gasteiger partial charge is 0.410 e. The van der Waals surface area contributed by atoms with Crippen molar-refractivity contribution in [1.29, 1.82) is 0 Å². The third-order valence-corrected chi connectivity index (χ3v) is 8.02. The highest BCUT2D eigenvalue weighted by Gasteiger charge is 2.70. The molecule has 2 atom stereocenters. The zero-order valence-corrected chi connectivity index (χ0v) is 22.3. The van der Waals surface area contributed by atoms with Crippen LogP contribution in [0.25, 0.3) is 0 Å². The number of aliphatic carboxylic acids is 1. The molecule has 40 heavy (non-hydrogen) atoms. The number of ether oxygens (including phenoxy) is 1. The van der Waals surface area contributed by atoms with E-state index in [0.29, 0.717) is 36.4 Å². The van der Waals surface area contributed by atoms with Crippen molar-refractivity contribution in [3.63, 3.8) is 0 Å². The van der Waals surface area contributed by atoms with Crippen LogP contribution in [0.3, 0.4) is 0 Å². The normalized spacial score (nSPS) is 23.7. The third-order valence-electron chi connectivity index (χ3n) is 8.02. The number of carboxylic acid groups (broad SMARTS) is 1. The maximum absolute atomic E-state index is 15.5. The summed E-state index contributed by atoms with van der Waals surface area (Å²) < 4.78 is 91.9. The fourth-order valence-corrected chi connectivity index (χ4v) is 5.56. The van der Waals surface area contributed by atoms with E-state index in [-0.39, 0.29) is 5.92 Å². The van der Waals surface area contributed by atoms with Crippen molar-refractivity contribution >= 4 is 18.0 Å². The van der Waals surface area contributed by atoms with Crippen LogP contribution < -0.4 is 5.11 Å². The molecule has 1 aliphatic carbocycles. The molecule has 0 spiro atoms. The summed E-state index contributed by atoms with van der Waals surface area (Å²) in [6, 6.07) is 1.20. The average molecular weight is 578 g/mol. The molecule has 0 bridgehead atoms. The van der Waals surface area contributed by atoms with Crippen LogP contribution in [-0.2, 0) is 20.2 Å². The zero-order valence-electron chi connectivity index (χ0n) is 22.3. The molecule has 3 fully saturated rings. The molecule has 2 heterocycles. The van der Waals surface area contributed by atoms with E-state index in [1.165, 1.54) is 11.0 Å². The average Bonchev–Trinajstić information content (AvgIpc) is 3.54. The second-order valence-corrected chi connectivity index (χ2v) is 11.9. The summed E-state index contributed by atoms with van der Waals surface area (Å²) in [7, 11) is 0. The molecule has 13 heteroatoms. The van der Waals surface area contributed by atoms with E-state index in [1.807, 2.05) is 0 Å². The number of halogens is 6. The van der Waals surface area contributed by atoms with Gasteiger partial charge in [0.15, 0.2) is 0 Å². The highest BCUT2D eigenvalue weighted by Crippen LogP contribution is 2.59. The van der Waals surface area contributed by atoms with E-state index in [4.69, 9.17) is 4.74 Å². The van der Waals surface area contributed by atoms with Crippen molar-refractivity contribution in [3.8, 4) is 0 Å². The Hall–Kier alpha value is -2.99. The number of carbonyl (C=O) groups excluding carboxylic acids is 3. The molecule has 0 radical (unpaired) electrons. The molecular formula is C27H31F6N2O5-. The minimum Gasteiger partial charge on any atom is -0.548 e. The number of hydrogen-bond donors (Lipinski definition) is 0. The fourth-order valence-electron chi connectivity index (χ4n) is 5.56. The molecule has 222 valence electrons. The topological polar surface area (TPSA) is 90.0 Å². The molecule has 3 aliphatic rings. The standard InChI is InChI=1S/C27H32F6N2O5/c1-24(2,3)40-23(39)34-10-6-15(7-11-34)16-4-5-18(19(28)12-16)26(29,30)17-13-20(21(36)37)35(14-17)22(38)25(8-9-25)27(31,32)33/h4-5,12,15,17,20H,6-11,13-14H2,1-3H3,(H,36,37)/p-1/t17?,20-/m0/s1. The maximum Gasteiger partial charge on any atom is 0.410 e. The van der Waals surface area contributed by atoms with Gasteiger partial charge in [0.1, 0.15) is 16.8 Å². The van der Waals surface area contributed by atoms with Crippen LogP contribution in [-0.4, -0.2) is 65.2 Å². The van der Waals surface area contributed by atoms with Gasteiger partial charge >= 0.3 is 12.3 Å². The second-order valence-electron chi connectivity index (χ2n) is 11.9. The van der Waals surface area contributed by atoms with Gasteiger partial charge in [-0.25, -0.2) is 18.0 Å². The lowest BCUT2D eigenvalue weighted by Gasteiger charge is -2.34. The number of likely N-dealkylation sites (tertiary alicyclic amines) is 2. The molecule has 1 unspecified atom stereocenters. The summed E-state index contributed by atoms with van der Waals surface area (Å²) in [5.74, 6) is -10.9. The van der Waals surface area contributed by atoms with Gasteiger partial charge in [-0.15, -0.1) is 0 Å². The van der Waals surface area contributed by atoms with E-state index in [0.717, 1.165) is 12.1 Å². The Balaban J connectivity index is 1.47. The Morgan fingerprint density at radius 1 is 1.02 bits per heavy atom. The number of rotatable bonds is 5. The van der Waals surface area contributed by atoms with Crippen molar-refractivity contribution in [2.24, 2.45) is 11.3 Å². The summed E-state index contributed by atoms with van der Waals surface area (Å²) in [5, 5.41) is 11.6. The number of amides is 2. The van der Waals surface area contributed by atoms with Crippen LogP contribution in [0.2, 0.25) is 0 Å². The highest BCUT2D eigenvalue weighted by atomic mass is 19.4. The van der Waals surface area contributed by atoms with E-state index >= 15 is 13.2 Å². The number of piperidine rings is 1. The summed E-state index contributed by atoms with van der Waals surface area (Å²) >= 11 is 0. The third kappa shape index (κ3) is 5.60. The molecule has 2 amide bonds. The van der Waals surface area contributed by atoms with Crippen molar-refractivity contribution in [3.05, 3.63) is 35.1 Å². The van der Waals surface area contributed by atoms with Gasteiger partial charge in [-0.05, 0) is 76.5 Å². The molecule has 1 saturated carbocycles. The first-order valence-corrected chi connectivity index (χ1v) is 13.1. The van der Waals surface area contributed by atoms with Crippen molar-refractivity contribution in [2.75, 3.05) is 19.6 Å².